The SMILES string of the molecule is CCC[C@@H]1c2ccccc2CCN1C(=O)c1snnc1C. The van der Waals surface area contributed by atoms with Crippen molar-refractivity contribution in [2.24, 2.45) is 0 Å². The molecule has 0 fully saturated rings. The Kier molecular flexibility index (Phi) is 4.01. The minimum absolute atomic E-state index is 0.0791. The lowest BCUT2D eigenvalue weighted by atomic mass is 9.90. The summed E-state index contributed by atoms with van der Waals surface area (Å²) in [7, 11) is 0. The molecule has 0 saturated heterocycles. The number of benzene rings is 1. The van der Waals surface area contributed by atoms with Gasteiger partial charge in [-0.25, -0.2) is 0 Å². The molecule has 2 aromatic rings. The highest BCUT2D eigenvalue weighted by atomic mass is 32.1. The molecule has 1 aliphatic rings. The maximum atomic E-state index is 12.8. The lowest BCUT2D eigenvalue weighted by molar-refractivity contribution is 0.0654. The number of fused-ring (bicyclic) bond motifs is 1. The summed E-state index contributed by atoms with van der Waals surface area (Å²) in [4.78, 5) is 15.5. The largest absolute Gasteiger partial charge is 0.330 e. The van der Waals surface area contributed by atoms with Crippen molar-refractivity contribution in [1.29, 1.82) is 0 Å². The number of nitrogens with zero attached hydrogens (tertiary/aromatic N) is 3. The van der Waals surface area contributed by atoms with Gasteiger partial charge in [0.2, 0.25) is 0 Å². The first-order valence-corrected chi connectivity index (χ1v) is 8.17. The minimum Gasteiger partial charge on any atom is -0.330 e. The van der Waals surface area contributed by atoms with Gasteiger partial charge in [0.1, 0.15) is 4.88 Å². The topological polar surface area (TPSA) is 46.1 Å². The van der Waals surface area contributed by atoms with Crippen LogP contribution in [0.2, 0.25) is 0 Å². The van der Waals surface area contributed by atoms with E-state index in [2.05, 4.69) is 40.8 Å². The smallest absolute Gasteiger partial charge is 0.268 e. The van der Waals surface area contributed by atoms with Gasteiger partial charge in [0.25, 0.3) is 5.91 Å². The second kappa shape index (κ2) is 5.93. The Labute approximate surface area is 129 Å². The zero-order valence-corrected chi connectivity index (χ0v) is 13.2. The van der Waals surface area contributed by atoms with Gasteiger partial charge in [-0.3, -0.25) is 4.79 Å². The summed E-state index contributed by atoms with van der Waals surface area (Å²) in [6.07, 6.45) is 2.98. The van der Waals surface area contributed by atoms with Gasteiger partial charge in [0.05, 0.1) is 11.7 Å². The van der Waals surface area contributed by atoms with E-state index < -0.39 is 0 Å². The van der Waals surface area contributed by atoms with Crippen LogP contribution in [0.15, 0.2) is 24.3 Å². The second-order valence-corrected chi connectivity index (χ2v) is 6.19. The van der Waals surface area contributed by atoms with Crippen molar-refractivity contribution in [2.75, 3.05) is 6.54 Å². The molecule has 0 N–H and O–H groups in total. The number of hydrogen-bond donors (Lipinski definition) is 0. The Bertz CT molecular complexity index is 652. The number of rotatable bonds is 3. The predicted molar refractivity (Wildman–Crippen MR) is 83.5 cm³/mol. The van der Waals surface area contributed by atoms with E-state index in [-0.39, 0.29) is 11.9 Å². The van der Waals surface area contributed by atoms with E-state index in [4.69, 9.17) is 0 Å². The summed E-state index contributed by atoms with van der Waals surface area (Å²) in [6, 6.07) is 8.66. The maximum Gasteiger partial charge on any atom is 0.268 e. The van der Waals surface area contributed by atoms with Gasteiger partial charge in [-0.15, -0.1) is 5.10 Å². The monoisotopic (exact) mass is 301 g/mol. The zero-order valence-electron chi connectivity index (χ0n) is 12.4. The first-order valence-electron chi connectivity index (χ1n) is 7.40. The summed E-state index contributed by atoms with van der Waals surface area (Å²) in [6.45, 7) is 4.79. The van der Waals surface area contributed by atoms with Crippen molar-refractivity contribution < 1.29 is 4.79 Å². The third kappa shape index (κ3) is 2.58. The molecule has 1 aromatic heterocycles. The third-order valence-electron chi connectivity index (χ3n) is 4.08. The van der Waals surface area contributed by atoms with E-state index in [0.717, 1.165) is 31.5 Å². The molecule has 0 spiro atoms. The average molecular weight is 301 g/mol. The summed E-state index contributed by atoms with van der Waals surface area (Å²) >= 11 is 1.20. The Hall–Kier alpha value is -1.75. The van der Waals surface area contributed by atoms with Crippen LogP contribution in [0.5, 0.6) is 0 Å². The fraction of sp³-hybridized carbons (Fsp3) is 0.438. The number of hydrogen-bond acceptors (Lipinski definition) is 4. The van der Waals surface area contributed by atoms with Crippen LogP contribution in [0.4, 0.5) is 0 Å². The van der Waals surface area contributed by atoms with Gasteiger partial charge >= 0.3 is 0 Å². The van der Waals surface area contributed by atoms with E-state index in [1.165, 1.54) is 22.7 Å². The normalized spacial score (nSPS) is 17.6. The van der Waals surface area contributed by atoms with Crippen LogP contribution in [0.3, 0.4) is 0 Å². The molecule has 0 unspecified atom stereocenters. The van der Waals surface area contributed by atoms with Crippen LogP contribution in [-0.4, -0.2) is 26.9 Å². The molecule has 2 heterocycles. The summed E-state index contributed by atoms with van der Waals surface area (Å²) < 4.78 is 3.90. The van der Waals surface area contributed by atoms with Crippen molar-refractivity contribution in [3.8, 4) is 0 Å². The summed E-state index contributed by atoms with van der Waals surface area (Å²) in [5.74, 6) is 0.0791. The van der Waals surface area contributed by atoms with E-state index >= 15 is 0 Å². The van der Waals surface area contributed by atoms with Crippen LogP contribution in [0, 0.1) is 6.92 Å². The van der Waals surface area contributed by atoms with Crippen LogP contribution < -0.4 is 0 Å². The van der Waals surface area contributed by atoms with Gasteiger partial charge in [0.15, 0.2) is 0 Å². The molecule has 110 valence electrons. The molecule has 4 nitrogen and oxygen atoms in total. The third-order valence-corrected chi connectivity index (χ3v) is 4.90. The molecule has 1 aromatic carbocycles. The van der Waals surface area contributed by atoms with Crippen molar-refractivity contribution in [3.05, 3.63) is 46.0 Å². The highest BCUT2D eigenvalue weighted by Crippen LogP contribution is 2.34. The first kappa shape index (κ1) is 14.2. The van der Waals surface area contributed by atoms with Crippen molar-refractivity contribution in [1.82, 2.24) is 14.5 Å². The molecule has 1 atom stereocenters. The van der Waals surface area contributed by atoms with Crippen LogP contribution in [0.1, 0.15) is 52.3 Å². The molecule has 0 saturated carbocycles. The maximum absolute atomic E-state index is 12.8. The van der Waals surface area contributed by atoms with Gasteiger partial charge in [-0.05, 0) is 42.4 Å². The Morgan fingerprint density at radius 2 is 2.24 bits per heavy atom. The molecule has 0 radical (unpaired) electrons. The van der Waals surface area contributed by atoms with Crippen LogP contribution in [-0.2, 0) is 6.42 Å². The molecule has 5 heteroatoms. The van der Waals surface area contributed by atoms with E-state index in [9.17, 15) is 4.79 Å². The number of carbonyl (C=O) groups is 1. The van der Waals surface area contributed by atoms with E-state index in [1.54, 1.807) is 0 Å². The molecule has 0 aliphatic carbocycles. The van der Waals surface area contributed by atoms with Crippen LogP contribution in [0.25, 0.3) is 0 Å². The number of amides is 1. The fourth-order valence-corrected chi connectivity index (χ4v) is 3.65. The predicted octanol–water partition coefficient (Wildman–Crippen LogP) is 3.39. The standard InChI is InChI=1S/C16H19N3OS/c1-3-6-14-13-8-5-4-7-12(13)9-10-19(14)16(20)15-11(2)17-18-21-15/h4-5,7-8,14H,3,6,9-10H2,1-2H3/t14-/m1/s1. The highest BCUT2D eigenvalue weighted by molar-refractivity contribution is 7.07. The molecular weight excluding hydrogens is 282 g/mol. The Balaban J connectivity index is 1.95. The van der Waals surface area contributed by atoms with Crippen molar-refractivity contribution in [2.45, 2.75) is 39.2 Å². The van der Waals surface area contributed by atoms with Gasteiger partial charge in [-0.2, -0.15) is 0 Å². The number of carbonyl (C=O) groups excluding carboxylic acids is 1. The molecule has 1 amide bonds. The lowest BCUT2D eigenvalue weighted by Crippen LogP contribution is -2.40. The van der Waals surface area contributed by atoms with Crippen LogP contribution >= 0.6 is 11.5 Å². The average Bonchev–Trinajstić information content (AvgIpc) is 2.93. The molecular formula is C16H19N3OS. The molecule has 3 rings (SSSR count). The lowest BCUT2D eigenvalue weighted by Gasteiger charge is -2.37. The van der Waals surface area contributed by atoms with Gasteiger partial charge in [0, 0.05) is 6.54 Å². The highest BCUT2D eigenvalue weighted by Gasteiger charge is 2.32. The molecule has 21 heavy (non-hydrogen) atoms. The van der Waals surface area contributed by atoms with Crippen molar-refractivity contribution >= 4 is 17.4 Å². The van der Waals surface area contributed by atoms with E-state index in [1.807, 2.05) is 11.8 Å². The first-order chi connectivity index (χ1) is 10.2. The van der Waals surface area contributed by atoms with Gasteiger partial charge < -0.3 is 4.90 Å². The summed E-state index contributed by atoms with van der Waals surface area (Å²) in [5.41, 5.74) is 3.41. The number of aryl methyl sites for hydroxylation is 1. The Morgan fingerprint density at radius 1 is 1.43 bits per heavy atom. The minimum atomic E-state index is 0.0791. The second-order valence-electron chi connectivity index (χ2n) is 5.44. The Morgan fingerprint density at radius 3 is 2.95 bits per heavy atom. The fourth-order valence-electron chi connectivity index (χ4n) is 3.04. The number of aromatic nitrogens is 2. The zero-order chi connectivity index (χ0) is 14.8. The molecule has 0 bridgehead atoms. The summed E-state index contributed by atoms with van der Waals surface area (Å²) in [5, 5.41) is 3.97. The van der Waals surface area contributed by atoms with Gasteiger partial charge in [-0.1, -0.05) is 42.1 Å². The van der Waals surface area contributed by atoms with Crippen molar-refractivity contribution in [3.63, 3.8) is 0 Å². The molecule has 1 aliphatic heterocycles. The van der Waals surface area contributed by atoms with E-state index in [0.29, 0.717) is 4.88 Å². The quantitative estimate of drug-likeness (QED) is 0.873.